The second-order valence-corrected chi connectivity index (χ2v) is 9.62. The summed E-state index contributed by atoms with van der Waals surface area (Å²) in [6.45, 7) is 4.97. The summed E-state index contributed by atoms with van der Waals surface area (Å²) >= 11 is 0. The Kier molecular flexibility index (Phi) is 13.8. The van der Waals surface area contributed by atoms with Gasteiger partial charge in [-0.05, 0) is 63.8 Å². The lowest BCUT2D eigenvalue weighted by atomic mass is 10.0. The molecule has 0 aromatic carbocycles. The van der Waals surface area contributed by atoms with Crippen LogP contribution in [0.1, 0.15) is 65.2 Å². The Morgan fingerprint density at radius 3 is 2.33 bits per heavy atom. The van der Waals surface area contributed by atoms with Crippen LogP contribution in [-0.4, -0.2) is 83.5 Å². The number of aliphatic carboxylic acids is 1. The summed E-state index contributed by atoms with van der Waals surface area (Å²) in [5, 5.41) is 14.8. The molecule has 36 heavy (non-hydrogen) atoms. The largest absolute Gasteiger partial charge is 0.480 e. The number of nitrogens with two attached hydrogens (primary N) is 4. The number of guanidine groups is 1. The molecule has 11 N–H and O–H groups in total. The van der Waals surface area contributed by atoms with Crippen molar-refractivity contribution >= 4 is 29.7 Å². The Balaban J connectivity index is 2.84. The zero-order chi connectivity index (χ0) is 27.3. The molecule has 0 radical (unpaired) electrons. The lowest BCUT2D eigenvalue weighted by Crippen LogP contribution is -2.57. The van der Waals surface area contributed by atoms with Crippen LogP contribution in [0.25, 0.3) is 0 Å². The highest BCUT2D eigenvalue weighted by molar-refractivity contribution is 5.94. The van der Waals surface area contributed by atoms with Crippen LogP contribution in [0.5, 0.6) is 0 Å². The van der Waals surface area contributed by atoms with E-state index in [1.165, 1.54) is 4.90 Å². The molecular formula is C23H44N8O5. The molecule has 1 heterocycles. The summed E-state index contributed by atoms with van der Waals surface area (Å²) in [4.78, 5) is 56.0. The molecule has 1 rings (SSSR count). The van der Waals surface area contributed by atoms with Crippen LogP contribution in [-0.2, 0) is 19.2 Å². The quantitative estimate of drug-likeness (QED) is 0.0729. The van der Waals surface area contributed by atoms with Gasteiger partial charge in [0.1, 0.15) is 18.1 Å². The molecular weight excluding hydrogens is 468 g/mol. The number of amides is 3. The van der Waals surface area contributed by atoms with Gasteiger partial charge >= 0.3 is 5.97 Å². The van der Waals surface area contributed by atoms with Crippen LogP contribution in [0.2, 0.25) is 0 Å². The molecule has 0 bridgehead atoms. The monoisotopic (exact) mass is 512 g/mol. The van der Waals surface area contributed by atoms with Gasteiger partial charge in [-0.1, -0.05) is 13.8 Å². The molecule has 1 aliphatic rings. The maximum atomic E-state index is 13.4. The molecule has 0 spiro atoms. The first-order valence-electron chi connectivity index (χ1n) is 12.6. The van der Waals surface area contributed by atoms with Gasteiger partial charge in [-0.15, -0.1) is 0 Å². The van der Waals surface area contributed by atoms with Gasteiger partial charge in [-0.2, -0.15) is 0 Å². The van der Waals surface area contributed by atoms with Gasteiger partial charge in [0, 0.05) is 13.1 Å². The first-order chi connectivity index (χ1) is 17.0. The second-order valence-electron chi connectivity index (χ2n) is 9.62. The van der Waals surface area contributed by atoms with E-state index in [1.54, 1.807) is 0 Å². The Morgan fingerprint density at radius 1 is 1.06 bits per heavy atom. The molecule has 0 saturated carbocycles. The van der Waals surface area contributed by atoms with Crippen LogP contribution in [0.3, 0.4) is 0 Å². The number of nitrogens with zero attached hydrogens (tertiary/aromatic N) is 2. The van der Waals surface area contributed by atoms with Crippen LogP contribution >= 0.6 is 0 Å². The number of aliphatic imine (C=N–C) groups is 1. The number of likely N-dealkylation sites (tertiary alicyclic amines) is 1. The number of carbonyl (C=O) groups is 4. The number of hydrogen-bond donors (Lipinski definition) is 7. The second kappa shape index (κ2) is 15.9. The molecule has 13 heteroatoms. The molecule has 0 aromatic rings. The highest BCUT2D eigenvalue weighted by atomic mass is 16.4. The summed E-state index contributed by atoms with van der Waals surface area (Å²) in [6.07, 6.45) is 3.69. The Labute approximate surface area is 212 Å². The van der Waals surface area contributed by atoms with Gasteiger partial charge in [-0.25, -0.2) is 4.79 Å². The number of carbonyl (C=O) groups excluding carboxylic acids is 3. The average Bonchev–Trinajstić information content (AvgIpc) is 3.29. The van der Waals surface area contributed by atoms with E-state index in [-0.39, 0.29) is 24.2 Å². The molecule has 13 nitrogen and oxygen atoms in total. The van der Waals surface area contributed by atoms with E-state index in [0.29, 0.717) is 64.6 Å². The van der Waals surface area contributed by atoms with E-state index < -0.39 is 42.0 Å². The first-order valence-corrected chi connectivity index (χ1v) is 12.6. The van der Waals surface area contributed by atoms with E-state index in [9.17, 15) is 24.3 Å². The lowest BCUT2D eigenvalue weighted by Gasteiger charge is -2.30. The number of hydrogen-bond acceptors (Lipinski definition) is 7. The predicted molar refractivity (Wildman–Crippen MR) is 136 cm³/mol. The van der Waals surface area contributed by atoms with Crippen molar-refractivity contribution in [1.82, 2.24) is 15.5 Å². The van der Waals surface area contributed by atoms with Crippen molar-refractivity contribution in [1.29, 1.82) is 0 Å². The van der Waals surface area contributed by atoms with E-state index in [1.807, 2.05) is 13.8 Å². The van der Waals surface area contributed by atoms with Crippen molar-refractivity contribution < 1.29 is 24.3 Å². The minimum Gasteiger partial charge on any atom is -0.480 e. The van der Waals surface area contributed by atoms with E-state index >= 15 is 0 Å². The summed E-state index contributed by atoms with van der Waals surface area (Å²) in [6, 6.07) is -3.54. The third kappa shape index (κ3) is 10.8. The molecule has 0 aromatic heterocycles. The van der Waals surface area contributed by atoms with Crippen molar-refractivity contribution in [2.75, 3.05) is 19.6 Å². The number of unbranched alkanes of at least 4 members (excludes halogenated alkanes) is 1. The Bertz CT molecular complexity index is 772. The summed E-state index contributed by atoms with van der Waals surface area (Å²) < 4.78 is 0. The number of nitrogens with one attached hydrogen (secondary N) is 2. The number of carboxylic acids is 1. The van der Waals surface area contributed by atoms with Crippen molar-refractivity contribution in [2.45, 2.75) is 89.4 Å². The fourth-order valence-corrected chi connectivity index (χ4v) is 4.14. The van der Waals surface area contributed by atoms with E-state index in [2.05, 4.69) is 15.6 Å². The van der Waals surface area contributed by atoms with Gasteiger partial charge < -0.3 is 43.6 Å². The Hall–Kier alpha value is -2.93. The number of rotatable bonds is 16. The van der Waals surface area contributed by atoms with Crippen LogP contribution in [0.4, 0.5) is 0 Å². The molecule has 1 fully saturated rings. The highest BCUT2D eigenvalue weighted by Gasteiger charge is 2.39. The van der Waals surface area contributed by atoms with Gasteiger partial charge in [0.25, 0.3) is 0 Å². The summed E-state index contributed by atoms with van der Waals surface area (Å²) in [7, 11) is 0. The van der Waals surface area contributed by atoms with Crippen molar-refractivity contribution in [3.63, 3.8) is 0 Å². The fraction of sp³-hybridized carbons (Fsp3) is 0.783. The Morgan fingerprint density at radius 2 is 1.75 bits per heavy atom. The minimum atomic E-state index is -1.13. The normalized spacial score (nSPS) is 17.8. The SMILES string of the molecule is CC(C)CC(NC(=O)C(N)CCCN=C(N)N)C(=O)N1CCCC1C(=O)NC(CCCCN)C(=O)O. The zero-order valence-corrected chi connectivity index (χ0v) is 21.4. The van der Waals surface area contributed by atoms with Crippen molar-refractivity contribution in [3.8, 4) is 0 Å². The molecule has 3 amide bonds. The third-order valence-corrected chi connectivity index (χ3v) is 6.03. The summed E-state index contributed by atoms with van der Waals surface area (Å²) in [5.41, 5.74) is 22.0. The van der Waals surface area contributed by atoms with Gasteiger partial charge in [0.15, 0.2) is 5.96 Å². The lowest BCUT2D eigenvalue weighted by molar-refractivity contribution is -0.145. The maximum absolute atomic E-state index is 13.4. The van der Waals surface area contributed by atoms with Gasteiger partial charge in [0.2, 0.25) is 17.7 Å². The first kappa shape index (κ1) is 31.1. The van der Waals surface area contributed by atoms with Crippen LogP contribution in [0.15, 0.2) is 4.99 Å². The van der Waals surface area contributed by atoms with E-state index in [4.69, 9.17) is 22.9 Å². The molecule has 1 aliphatic heterocycles. The number of carboxylic acid groups (broad SMARTS) is 1. The fourth-order valence-electron chi connectivity index (χ4n) is 4.14. The predicted octanol–water partition coefficient (Wildman–Crippen LogP) is -1.41. The molecule has 0 aliphatic carbocycles. The smallest absolute Gasteiger partial charge is 0.326 e. The molecule has 4 unspecified atom stereocenters. The third-order valence-electron chi connectivity index (χ3n) is 6.03. The van der Waals surface area contributed by atoms with Gasteiger partial charge in [-0.3, -0.25) is 19.4 Å². The summed E-state index contributed by atoms with van der Waals surface area (Å²) in [5.74, 6) is -2.43. The van der Waals surface area contributed by atoms with Crippen LogP contribution < -0.4 is 33.6 Å². The maximum Gasteiger partial charge on any atom is 0.326 e. The van der Waals surface area contributed by atoms with Crippen LogP contribution in [0, 0.1) is 5.92 Å². The van der Waals surface area contributed by atoms with Crippen molar-refractivity contribution in [2.24, 2.45) is 33.8 Å². The van der Waals surface area contributed by atoms with Gasteiger partial charge in [0.05, 0.1) is 6.04 Å². The molecule has 4 atom stereocenters. The minimum absolute atomic E-state index is 0.0370. The highest BCUT2D eigenvalue weighted by Crippen LogP contribution is 2.21. The molecule has 206 valence electrons. The molecule has 1 saturated heterocycles. The average molecular weight is 513 g/mol. The zero-order valence-electron chi connectivity index (χ0n) is 21.4. The topological polar surface area (TPSA) is 232 Å². The van der Waals surface area contributed by atoms with Crippen molar-refractivity contribution in [3.05, 3.63) is 0 Å². The standard InChI is InChI=1S/C23H44N8O5/c1-14(2)13-17(30-19(32)15(25)7-5-11-28-23(26)27)21(34)31-12-6-9-18(31)20(33)29-16(22(35)36)8-3-4-10-24/h14-18H,3-13,24-25H2,1-2H3,(H,29,33)(H,30,32)(H,35,36)(H4,26,27,28). The van der Waals surface area contributed by atoms with E-state index in [0.717, 1.165) is 0 Å².